The van der Waals surface area contributed by atoms with Crippen molar-refractivity contribution >= 4 is 0 Å². The SMILES string of the molecule is N#CC1(C#N)C(F)(F)C(F)(F)C(c2ccccc2)C(F)(F)C1(F)F. The monoisotopic (exact) mass is 354 g/mol. The Morgan fingerprint density at radius 1 is 0.708 bits per heavy atom. The molecule has 1 aromatic rings. The minimum absolute atomic E-state index is 0.00980. The quantitative estimate of drug-likeness (QED) is 0.704. The maximum atomic E-state index is 14.2. The molecule has 24 heavy (non-hydrogen) atoms. The van der Waals surface area contributed by atoms with Crippen LogP contribution in [0.2, 0.25) is 0 Å². The highest BCUT2D eigenvalue weighted by Gasteiger charge is 2.94. The van der Waals surface area contributed by atoms with E-state index in [1.54, 1.807) is 0 Å². The Bertz CT molecular complexity index is 685. The molecule has 0 aliphatic heterocycles. The van der Waals surface area contributed by atoms with Crippen molar-refractivity contribution < 1.29 is 35.1 Å². The Morgan fingerprint density at radius 3 is 1.42 bits per heavy atom. The summed E-state index contributed by atoms with van der Waals surface area (Å²) in [4.78, 5) is 0. The third-order valence-electron chi connectivity index (χ3n) is 3.97. The first-order valence-electron chi connectivity index (χ1n) is 6.24. The second-order valence-electron chi connectivity index (χ2n) is 5.21. The van der Waals surface area contributed by atoms with E-state index >= 15 is 0 Å². The zero-order valence-electron chi connectivity index (χ0n) is 11.4. The Kier molecular flexibility index (Phi) is 3.61. The molecule has 128 valence electrons. The molecule has 0 unspecified atom stereocenters. The molecule has 2 rings (SSSR count). The van der Waals surface area contributed by atoms with Gasteiger partial charge in [0.1, 0.15) is 5.92 Å². The van der Waals surface area contributed by atoms with Crippen LogP contribution in [0.4, 0.5) is 35.1 Å². The average Bonchev–Trinajstić information content (AvgIpc) is 2.47. The van der Waals surface area contributed by atoms with Crippen molar-refractivity contribution in [1.29, 1.82) is 10.5 Å². The Hall–Kier alpha value is -2.36. The molecular weight excluding hydrogens is 348 g/mol. The summed E-state index contributed by atoms with van der Waals surface area (Å²) in [7, 11) is 0. The fourth-order valence-corrected chi connectivity index (χ4v) is 2.66. The van der Waals surface area contributed by atoms with Crippen molar-refractivity contribution in [3.63, 3.8) is 0 Å². The van der Waals surface area contributed by atoms with Crippen LogP contribution in [0.25, 0.3) is 0 Å². The summed E-state index contributed by atoms with van der Waals surface area (Å²) < 4.78 is 113. The molecule has 1 aliphatic rings. The zero-order chi connectivity index (χ0) is 18.6. The van der Waals surface area contributed by atoms with E-state index in [0.717, 1.165) is 12.1 Å². The topological polar surface area (TPSA) is 47.6 Å². The van der Waals surface area contributed by atoms with Crippen LogP contribution in [-0.4, -0.2) is 23.7 Å². The lowest BCUT2D eigenvalue weighted by molar-refractivity contribution is -0.395. The molecular formula is C14H6F8N2. The standard InChI is InChI=1S/C14H6F8N2/c15-11(16)9(8-4-2-1-3-5-8)12(17,18)14(21,22)10(6-23,7-24)13(11,19)20/h1-5,9H. The van der Waals surface area contributed by atoms with Gasteiger partial charge in [-0.3, -0.25) is 0 Å². The summed E-state index contributed by atoms with van der Waals surface area (Å²) in [5, 5.41) is 17.1. The number of nitriles is 2. The van der Waals surface area contributed by atoms with Crippen LogP contribution in [0.5, 0.6) is 0 Å². The Morgan fingerprint density at radius 2 is 1.08 bits per heavy atom. The number of alkyl halides is 8. The highest BCUT2D eigenvalue weighted by molar-refractivity contribution is 5.41. The van der Waals surface area contributed by atoms with Gasteiger partial charge in [-0.15, -0.1) is 0 Å². The summed E-state index contributed by atoms with van der Waals surface area (Å²) in [6, 6.07) is 4.16. The lowest BCUT2D eigenvalue weighted by Crippen LogP contribution is -2.75. The van der Waals surface area contributed by atoms with E-state index < -0.39 is 40.6 Å². The first-order chi connectivity index (χ1) is 10.8. The summed E-state index contributed by atoms with van der Waals surface area (Å²) in [6.45, 7) is 0. The highest BCUT2D eigenvalue weighted by Crippen LogP contribution is 2.70. The molecule has 0 atom stereocenters. The molecule has 1 saturated carbocycles. The van der Waals surface area contributed by atoms with Crippen LogP contribution in [0.15, 0.2) is 30.3 Å². The highest BCUT2D eigenvalue weighted by atomic mass is 19.3. The second kappa shape index (κ2) is 4.82. The Labute approximate surface area is 129 Å². The predicted molar refractivity (Wildman–Crippen MR) is 62.6 cm³/mol. The number of nitrogens with zero attached hydrogens (tertiary/aromatic N) is 2. The molecule has 2 nitrogen and oxygen atoms in total. The van der Waals surface area contributed by atoms with Crippen molar-refractivity contribution in [2.24, 2.45) is 5.41 Å². The van der Waals surface area contributed by atoms with Crippen LogP contribution in [-0.2, 0) is 0 Å². The van der Waals surface area contributed by atoms with Gasteiger partial charge in [0.2, 0.25) is 0 Å². The lowest BCUT2D eigenvalue weighted by atomic mass is 9.61. The van der Waals surface area contributed by atoms with E-state index in [9.17, 15) is 35.1 Å². The van der Waals surface area contributed by atoms with Crippen molar-refractivity contribution in [3.05, 3.63) is 35.9 Å². The minimum Gasteiger partial charge on any atom is -0.199 e. The van der Waals surface area contributed by atoms with E-state index in [1.807, 2.05) is 0 Å². The Balaban J connectivity index is 2.90. The van der Waals surface area contributed by atoms with Crippen LogP contribution >= 0.6 is 0 Å². The van der Waals surface area contributed by atoms with Gasteiger partial charge in [-0.25, -0.2) is 0 Å². The number of benzene rings is 1. The summed E-state index contributed by atoms with van der Waals surface area (Å²) >= 11 is 0. The normalized spacial score (nSPS) is 26.1. The molecule has 0 spiro atoms. The van der Waals surface area contributed by atoms with Crippen LogP contribution < -0.4 is 0 Å². The van der Waals surface area contributed by atoms with Gasteiger partial charge in [-0.1, -0.05) is 30.3 Å². The first kappa shape index (κ1) is 18.0. The number of rotatable bonds is 1. The number of hydrogen-bond donors (Lipinski definition) is 0. The smallest absolute Gasteiger partial charge is 0.199 e. The maximum Gasteiger partial charge on any atom is 0.348 e. The molecule has 0 radical (unpaired) electrons. The van der Waals surface area contributed by atoms with Crippen molar-refractivity contribution in [2.45, 2.75) is 29.6 Å². The third-order valence-corrected chi connectivity index (χ3v) is 3.97. The van der Waals surface area contributed by atoms with E-state index in [-0.39, 0.29) is 12.1 Å². The van der Waals surface area contributed by atoms with Crippen molar-refractivity contribution in [2.75, 3.05) is 0 Å². The lowest BCUT2D eigenvalue weighted by Gasteiger charge is -2.51. The fraction of sp³-hybridized carbons (Fsp3) is 0.429. The minimum atomic E-state index is -6.03. The van der Waals surface area contributed by atoms with Gasteiger partial charge in [0.05, 0.1) is 12.1 Å². The molecule has 0 heterocycles. The van der Waals surface area contributed by atoms with E-state index in [1.165, 1.54) is 6.07 Å². The molecule has 0 bridgehead atoms. The van der Waals surface area contributed by atoms with Gasteiger partial charge in [-0.05, 0) is 5.56 Å². The van der Waals surface area contributed by atoms with Crippen molar-refractivity contribution in [3.8, 4) is 12.1 Å². The average molecular weight is 354 g/mol. The molecule has 1 aliphatic carbocycles. The molecule has 0 aromatic heterocycles. The number of hydrogen-bond acceptors (Lipinski definition) is 2. The second-order valence-corrected chi connectivity index (χ2v) is 5.21. The summed E-state index contributed by atoms with van der Waals surface area (Å²) in [5.74, 6) is -27.6. The molecule has 1 aromatic carbocycles. The predicted octanol–water partition coefficient (Wildman–Crippen LogP) is 4.36. The summed E-state index contributed by atoms with van der Waals surface area (Å²) in [5.41, 5.74) is -6.39. The molecule has 1 fully saturated rings. The van der Waals surface area contributed by atoms with Gasteiger partial charge >= 0.3 is 23.7 Å². The van der Waals surface area contributed by atoms with Crippen LogP contribution in [0, 0.1) is 28.1 Å². The van der Waals surface area contributed by atoms with E-state index in [4.69, 9.17) is 10.5 Å². The van der Waals surface area contributed by atoms with Gasteiger partial charge in [0, 0.05) is 0 Å². The largest absolute Gasteiger partial charge is 0.348 e. The summed E-state index contributed by atoms with van der Waals surface area (Å²) in [6.07, 6.45) is 0. The molecule has 0 amide bonds. The van der Waals surface area contributed by atoms with E-state index in [2.05, 4.69) is 0 Å². The van der Waals surface area contributed by atoms with Gasteiger partial charge in [0.25, 0.3) is 5.41 Å². The van der Waals surface area contributed by atoms with Crippen LogP contribution in [0.1, 0.15) is 11.5 Å². The van der Waals surface area contributed by atoms with Gasteiger partial charge < -0.3 is 0 Å². The molecule has 10 heteroatoms. The van der Waals surface area contributed by atoms with E-state index in [0.29, 0.717) is 12.1 Å². The van der Waals surface area contributed by atoms with Crippen molar-refractivity contribution in [1.82, 2.24) is 0 Å². The fourth-order valence-electron chi connectivity index (χ4n) is 2.66. The maximum absolute atomic E-state index is 14.2. The van der Waals surface area contributed by atoms with Gasteiger partial charge in [0.15, 0.2) is 0 Å². The third kappa shape index (κ3) is 1.68. The first-order valence-corrected chi connectivity index (χ1v) is 6.24. The molecule has 0 N–H and O–H groups in total. The zero-order valence-corrected chi connectivity index (χ0v) is 11.4. The number of halogens is 8. The molecule has 0 saturated heterocycles. The van der Waals surface area contributed by atoms with Crippen LogP contribution in [0.3, 0.4) is 0 Å². The van der Waals surface area contributed by atoms with Gasteiger partial charge in [-0.2, -0.15) is 45.6 Å².